The average molecular weight is 438 g/mol. The van der Waals surface area contributed by atoms with Crippen LogP contribution >= 0.6 is 0 Å². The van der Waals surface area contributed by atoms with E-state index in [1.165, 1.54) is 44.9 Å². The topological polar surface area (TPSA) is 26.3 Å². The molecule has 0 aromatic rings. The number of halogens is 7. The van der Waals surface area contributed by atoms with Gasteiger partial charge in [-0.2, -0.15) is 30.7 Å². The van der Waals surface area contributed by atoms with Crippen LogP contribution in [0, 0.1) is 0 Å². The van der Waals surface area contributed by atoms with Gasteiger partial charge in [0.2, 0.25) is 0 Å². The highest BCUT2D eigenvalue weighted by Gasteiger charge is 2.73. The summed E-state index contributed by atoms with van der Waals surface area (Å²) >= 11 is 0. The van der Waals surface area contributed by atoms with Gasteiger partial charge in [0.15, 0.2) is 6.61 Å². The third kappa shape index (κ3) is 11.7. The number of unbranched alkanes of at least 4 members (excludes halogenated alkanes) is 12. The summed E-state index contributed by atoms with van der Waals surface area (Å²) < 4.78 is 91.2. The second kappa shape index (κ2) is 14.1. The fourth-order valence-electron chi connectivity index (χ4n) is 2.83. The van der Waals surface area contributed by atoms with Gasteiger partial charge in [-0.25, -0.2) is 0 Å². The normalized spacial score (nSPS) is 13.0. The van der Waals surface area contributed by atoms with Gasteiger partial charge in [0.25, 0.3) is 0 Å². The number of hydrogen-bond donors (Lipinski definition) is 0. The molecule has 2 nitrogen and oxygen atoms in total. The standard InChI is InChI=1S/C20H33F7O2/c1-2-3-4-5-6-7-8-9-10-11-12-13-14-15-17(28)29-16-18(21,22)19(23,24)20(25,26)27/h2-16H2,1H3. The van der Waals surface area contributed by atoms with Crippen LogP contribution in [0.25, 0.3) is 0 Å². The summed E-state index contributed by atoms with van der Waals surface area (Å²) in [5.41, 5.74) is 0. The van der Waals surface area contributed by atoms with Gasteiger partial charge < -0.3 is 4.74 Å². The summed E-state index contributed by atoms with van der Waals surface area (Å²) in [5.74, 6) is -13.0. The largest absolute Gasteiger partial charge is 0.460 e. The lowest BCUT2D eigenvalue weighted by Gasteiger charge is -2.27. The van der Waals surface area contributed by atoms with Crippen molar-refractivity contribution in [3.05, 3.63) is 0 Å². The third-order valence-electron chi connectivity index (χ3n) is 4.71. The second-order valence-electron chi connectivity index (χ2n) is 7.43. The first kappa shape index (κ1) is 28.0. The number of ether oxygens (including phenoxy) is 1. The smallest absolute Gasteiger partial charge is 0.459 e. The van der Waals surface area contributed by atoms with E-state index in [4.69, 9.17) is 0 Å². The van der Waals surface area contributed by atoms with Gasteiger partial charge in [-0.1, -0.05) is 84.0 Å². The third-order valence-corrected chi connectivity index (χ3v) is 4.71. The van der Waals surface area contributed by atoms with E-state index in [1.54, 1.807) is 0 Å². The number of carbonyl (C=O) groups excluding carboxylic acids is 1. The Morgan fingerprint density at radius 1 is 0.655 bits per heavy atom. The highest BCUT2D eigenvalue weighted by Crippen LogP contribution is 2.46. The van der Waals surface area contributed by atoms with Crippen molar-refractivity contribution in [2.45, 2.75) is 115 Å². The Hall–Kier alpha value is -1.02. The molecule has 0 N–H and O–H groups in total. The minimum Gasteiger partial charge on any atom is -0.459 e. The van der Waals surface area contributed by atoms with Crippen LogP contribution in [-0.2, 0) is 9.53 Å². The first-order valence-corrected chi connectivity index (χ1v) is 10.4. The number of rotatable bonds is 17. The number of carbonyl (C=O) groups is 1. The highest BCUT2D eigenvalue weighted by atomic mass is 19.4. The summed E-state index contributed by atoms with van der Waals surface area (Å²) in [4.78, 5) is 11.3. The molecule has 9 heteroatoms. The van der Waals surface area contributed by atoms with Crippen molar-refractivity contribution < 1.29 is 40.3 Å². The lowest BCUT2D eigenvalue weighted by molar-refractivity contribution is -0.359. The summed E-state index contributed by atoms with van der Waals surface area (Å²) in [6, 6.07) is 0. The molecule has 0 unspecified atom stereocenters. The van der Waals surface area contributed by atoms with Gasteiger partial charge in [-0.3, -0.25) is 4.79 Å². The molecule has 0 spiro atoms. The second-order valence-corrected chi connectivity index (χ2v) is 7.43. The Morgan fingerprint density at radius 2 is 1.03 bits per heavy atom. The van der Waals surface area contributed by atoms with E-state index in [0.29, 0.717) is 12.8 Å². The van der Waals surface area contributed by atoms with Crippen LogP contribution in [0.5, 0.6) is 0 Å². The molecule has 0 aromatic carbocycles. The van der Waals surface area contributed by atoms with Crippen molar-refractivity contribution in [1.29, 1.82) is 0 Å². The van der Waals surface area contributed by atoms with Crippen molar-refractivity contribution in [1.82, 2.24) is 0 Å². The lowest BCUT2D eigenvalue weighted by Crippen LogP contribution is -2.54. The van der Waals surface area contributed by atoms with Crippen LogP contribution < -0.4 is 0 Å². The zero-order chi connectivity index (χ0) is 22.4. The van der Waals surface area contributed by atoms with E-state index in [0.717, 1.165) is 25.7 Å². The number of hydrogen-bond acceptors (Lipinski definition) is 2. The highest BCUT2D eigenvalue weighted by molar-refractivity contribution is 5.69. The number of esters is 1. The molecule has 0 aliphatic rings. The quantitative estimate of drug-likeness (QED) is 0.131. The van der Waals surface area contributed by atoms with Crippen LogP contribution in [0.4, 0.5) is 30.7 Å². The summed E-state index contributed by atoms with van der Waals surface area (Å²) in [7, 11) is 0. The molecule has 0 heterocycles. The average Bonchev–Trinajstić information content (AvgIpc) is 2.62. The monoisotopic (exact) mass is 438 g/mol. The minimum atomic E-state index is -6.42. The van der Waals surface area contributed by atoms with E-state index in [1.807, 2.05) is 0 Å². The van der Waals surface area contributed by atoms with Crippen LogP contribution in [0.2, 0.25) is 0 Å². The summed E-state index contributed by atoms with van der Waals surface area (Å²) in [5, 5.41) is 0. The van der Waals surface area contributed by atoms with Crippen LogP contribution in [-0.4, -0.2) is 30.6 Å². The van der Waals surface area contributed by atoms with Crippen LogP contribution in [0.15, 0.2) is 0 Å². The molecule has 0 amide bonds. The Bertz CT molecular complexity index is 437. The molecule has 0 bridgehead atoms. The molecule has 0 radical (unpaired) electrons. The number of alkyl halides is 7. The molecular formula is C20H33F7O2. The first-order chi connectivity index (χ1) is 13.5. The van der Waals surface area contributed by atoms with E-state index >= 15 is 0 Å². The summed E-state index contributed by atoms with van der Waals surface area (Å²) in [6.07, 6.45) is 7.05. The van der Waals surface area contributed by atoms with E-state index in [9.17, 15) is 35.5 Å². The van der Waals surface area contributed by atoms with Crippen molar-refractivity contribution in [3.63, 3.8) is 0 Å². The zero-order valence-corrected chi connectivity index (χ0v) is 17.1. The van der Waals surface area contributed by atoms with Crippen molar-refractivity contribution in [2.75, 3.05) is 6.61 Å². The molecule has 0 saturated carbocycles. The Balaban J connectivity index is 3.69. The maximum Gasteiger partial charge on any atom is 0.460 e. The van der Waals surface area contributed by atoms with Crippen molar-refractivity contribution in [3.8, 4) is 0 Å². The molecule has 0 rings (SSSR count). The van der Waals surface area contributed by atoms with Crippen LogP contribution in [0.3, 0.4) is 0 Å². The van der Waals surface area contributed by atoms with E-state index in [2.05, 4.69) is 11.7 Å². The van der Waals surface area contributed by atoms with Gasteiger partial charge in [-0.05, 0) is 6.42 Å². The van der Waals surface area contributed by atoms with Gasteiger partial charge in [-0.15, -0.1) is 0 Å². The Labute approximate surface area is 168 Å². The van der Waals surface area contributed by atoms with E-state index in [-0.39, 0.29) is 6.42 Å². The first-order valence-electron chi connectivity index (χ1n) is 10.4. The molecule has 0 aromatic heterocycles. The molecule has 174 valence electrons. The Kier molecular flexibility index (Phi) is 13.6. The molecule has 0 atom stereocenters. The Morgan fingerprint density at radius 3 is 1.41 bits per heavy atom. The molecule has 0 aliphatic heterocycles. The van der Waals surface area contributed by atoms with Gasteiger partial charge in [0.05, 0.1) is 0 Å². The van der Waals surface area contributed by atoms with Crippen molar-refractivity contribution in [2.24, 2.45) is 0 Å². The van der Waals surface area contributed by atoms with E-state index < -0.39 is 30.6 Å². The van der Waals surface area contributed by atoms with Gasteiger partial charge in [0.1, 0.15) is 0 Å². The van der Waals surface area contributed by atoms with Crippen LogP contribution in [0.1, 0.15) is 96.8 Å². The van der Waals surface area contributed by atoms with Gasteiger partial charge in [0, 0.05) is 6.42 Å². The van der Waals surface area contributed by atoms with Gasteiger partial charge >= 0.3 is 24.0 Å². The molecule has 0 saturated heterocycles. The fourth-order valence-corrected chi connectivity index (χ4v) is 2.83. The zero-order valence-electron chi connectivity index (χ0n) is 17.1. The predicted molar refractivity (Wildman–Crippen MR) is 97.2 cm³/mol. The molecule has 0 fully saturated rings. The maximum absolute atomic E-state index is 13.0. The summed E-state index contributed by atoms with van der Waals surface area (Å²) in [6.45, 7) is -0.113. The molecular weight excluding hydrogens is 405 g/mol. The molecule has 0 aliphatic carbocycles. The SMILES string of the molecule is CCCCCCCCCCCCCCCC(=O)OCC(F)(F)C(F)(F)C(F)(F)F. The minimum absolute atomic E-state index is 0.286. The predicted octanol–water partition coefficient (Wildman–Crippen LogP) is 7.84. The lowest BCUT2D eigenvalue weighted by atomic mass is 10.0. The molecule has 29 heavy (non-hydrogen) atoms. The maximum atomic E-state index is 13.0. The fraction of sp³-hybridized carbons (Fsp3) is 0.950. The van der Waals surface area contributed by atoms with Crippen molar-refractivity contribution >= 4 is 5.97 Å².